The predicted octanol–water partition coefficient (Wildman–Crippen LogP) is 2.44. The van der Waals surface area contributed by atoms with Gasteiger partial charge >= 0.3 is 0 Å². The number of rotatable bonds is 2. The fourth-order valence-corrected chi connectivity index (χ4v) is 1.77. The molecule has 0 unspecified atom stereocenters. The summed E-state index contributed by atoms with van der Waals surface area (Å²) >= 11 is 1.94. The first-order valence-electron chi connectivity index (χ1n) is 4.25. The van der Waals surface area contributed by atoms with E-state index in [2.05, 4.69) is 5.16 Å². The van der Waals surface area contributed by atoms with Crippen molar-refractivity contribution in [3.05, 3.63) is 37.9 Å². The summed E-state index contributed by atoms with van der Waals surface area (Å²) in [5.74, 6) is 0.555. The molecule has 1 aromatic carbocycles. The number of para-hydroxylation sites is 1. The zero-order chi connectivity index (χ0) is 11.7. The molecule has 0 bridgehead atoms. The maximum atomic E-state index is 10.8. The zero-order valence-corrected chi connectivity index (χ0v) is 10.0. The van der Waals surface area contributed by atoms with Crippen molar-refractivity contribution in [2.24, 2.45) is 0 Å². The number of benzene rings is 1. The predicted molar refractivity (Wildman–Crippen MR) is 65.7 cm³/mol. The van der Waals surface area contributed by atoms with E-state index < -0.39 is 4.92 Å². The van der Waals surface area contributed by atoms with Gasteiger partial charge in [-0.25, -0.2) is 0 Å². The van der Waals surface area contributed by atoms with Crippen LogP contribution in [-0.2, 0) is 0 Å². The van der Waals surface area contributed by atoms with Crippen LogP contribution in [0.25, 0.3) is 11.3 Å². The van der Waals surface area contributed by atoms with Gasteiger partial charge in [-0.2, -0.15) is 0 Å². The molecule has 0 saturated carbocycles. The summed E-state index contributed by atoms with van der Waals surface area (Å²) in [6.45, 7) is 0. The SMILES string of the molecule is Nc1noc(-c2ccccc2[N+](=O)[O-])c1I. The van der Waals surface area contributed by atoms with Gasteiger partial charge in [-0.3, -0.25) is 10.1 Å². The third kappa shape index (κ3) is 1.73. The molecule has 82 valence electrons. The highest BCUT2D eigenvalue weighted by atomic mass is 127. The second-order valence-electron chi connectivity index (χ2n) is 2.99. The smallest absolute Gasteiger partial charge is 0.280 e. The van der Waals surface area contributed by atoms with E-state index in [9.17, 15) is 10.1 Å². The summed E-state index contributed by atoms with van der Waals surface area (Å²) in [6.07, 6.45) is 0. The first-order valence-corrected chi connectivity index (χ1v) is 5.33. The van der Waals surface area contributed by atoms with Crippen molar-refractivity contribution in [3.8, 4) is 11.3 Å². The number of hydrogen-bond acceptors (Lipinski definition) is 5. The highest BCUT2D eigenvalue weighted by Crippen LogP contribution is 2.34. The molecule has 2 N–H and O–H groups in total. The van der Waals surface area contributed by atoms with E-state index in [1.165, 1.54) is 6.07 Å². The molecule has 1 aromatic heterocycles. The average Bonchev–Trinajstić information content (AvgIpc) is 2.60. The van der Waals surface area contributed by atoms with E-state index in [0.717, 1.165) is 0 Å². The van der Waals surface area contributed by atoms with Gasteiger partial charge in [-0.1, -0.05) is 17.3 Å². The van der Waals surface area contributed by atoms with E-state index in [0.29, 0.717) is 14.9 Å². The van der Waals surface area contributed by atoms with Gasteiger partial charge in [-0.15, -0.1) is 0 Å². The zero-order valence-electron chi connectivity index (χ0n) is 7.88. The van der Waals surface area contributed by atoms with Crippen LogP contribution in [0.2, 0.25) is 0 Å². The molecule has 2 rings (SSSR count). The number of anilines is 1. The Hall–Kier alpha value is -1.64. The molecule has 1 heterocycles. The maximum absolute atomic E-state index is 10.8. The molecule has 0 radical (unpaired) electrons. The molecule has 0 saturated heterocycles. The molecule has 0 aliphatic rings. The van der Waals surface area contributed by atoms with Gasteiger partial charge in [0.1, 0.15) is 3.57 Å². The van der Waals surface area contributed by atoms with Gasteiger partial charge in [0.2, 0.25) is 0 Å². The molecule has 2 aromatic rings. The van der Waals surface area contributed by atoms with E-state index in [-0.39, 0.29) is 11.5 Å². The van der Waals surface area contributed by atoms with Gasteiger partial charge in [0.25, 0.3) is 5.69 Å². The van der Waals surface area contributed by atoms with E-state index in [4.69, 9.17) is 10.3 Å². The lowest BCUT2D eigenvalue weighted by atomic mass is 10.1. The molecule has 0 spiro atoms. The fraction of sp³-hybridized carbons (Fsp3) is 0. The first kappa shape index (κ1) is 10.9. The molecule has 7 heteroatoms. The standard InChI is InChI=1S/C9H6IN3O3/c10-7-8(16-12-9(7)11)5-3-1-2-4-6(5)13(14)15/h1-4H,(H2,11,12). The molecule has 0 amide bonds. The van der Waals surface area contributed by atoms with Crippen LogP contribution >= 0.6 is 22.6 Å². The van der Waals surface area contributed by atoms with Crippen molar-refractivity contribution in [3.63, 3.8) is 0 Å². The van der Waals surface area contributed by atoms with Gasteiger partial charge in [0.05, 0.1) is 10.5 Å². The Morgan fingerprint density at radius 1 is 1.44 bits per heavy atom. The molecular formula is C9H6IN3O3. The van der Waals surface area contributed by atoms with Crippen LogP contribution < -0.4 is 5.73 Å². The van der Waals surface area contributed by atoms with Crippen molar-refractivity contribution in [2.75, 3.05) is 5.73 Å². The number of nitro groups is 1. The Kier molecular flexibility index (Phi) is 2.77. The topological polar surface area (TPSA) is 95.2 Å². The van der Waals surface area contributed by atoms with E-state index in [1.54, 1.807) is 18.2 Å². The summed E-state index contributed by atoms with van der Waals surface area (Å²) in [6, 6.07) is 6.29. The molecule has 0 fully saturated rings. The van der Waals surface area contributed by atoms with Crippen LogP contribution in [0, 0.1) is 13.7 Å². The number of aromatic nitrogens is 1. The summed E-state index contributed by atoms with van der Waals surface area (Å²) in [4.78, 5) is 10.4. The largest absolute Gasteiger partial charge is 0.380 e. The van der Waals surface area contributed by atoms with Crippen LogP contribution in [0.15, 0.2) is 28.8 Å². The van der Waals surface area contributed by atoms with Crippen LogP contribution in [0.1, 0.15) is 0 Å². The Morgan fingerprint density at radius 3 is 2.69 bits per heavy atom. The number of nitrogens with zero attached hydrogens (tertiary/aromatic N) is 2. The molecule has 0 atom stereocenters. The summed E-state index contributed by atoms with van der Waals surface area (Å²) < 4.78 is 5.56. The number of nitro benzene ring substituents is 1. The Morgan fingerprint density at radius 2 is 2.12 bits per heavy atom. The molecule has 0 aliphatic carbocycles. The minimum absolute atomic E-state index is 0.0310. The lowest BCUT2D eigenvalue weighted by Gasteiger charge is -1.98. The van der Waals surface area contributed by atoms with Crippen molar-refractivity contribution in [2.45, 2.75) is 0 Å². The quantitative estimate of drug-likeness (QED) is 0.518. The van der Waals surface area contributed by atoms with Crippen molar-refractivity contribution < 1.29 is 9.45 Å². The first-order chi connectivity index (χ1) is 7.61. The normalized spacial score (nSPS) is 10.3. The summed E-state index contributed by atoms with van der Waals surface area (Å²) in [7, 11) is 0. The number of nitrogens with two attached hydrogens (primary N) is 1. The average molecular weight is 331 g/mol. The lowest BCUT2D eigenvalue weighted by Crippen LogP contribution is -1.92. The Labute approximate surface area is 104 Å². The monoisotopic (exact) mass is 331 g/mol. The third-order valence-corrected chi connectivity index (χ3v) is 3.05. The van der Waals surface area contributed by atoms with Gasteiger partial charge in [0, 0.05) is 6.07 Å². The van der Waals surface area contributed by atoms with Crippen molar-refractivity contribution >= 4 is 34.1 Å². The van der Waals surface area contributed by atoms with E-state index >= 15 is 0 Å². The molecule has 6 nitrogen and oxygen atoms in total. The number of hydrogen-bond donors (Lipinski definition) is 1. The van der Waals surface area contributed by atoms with Crippen LogP contribution in [0.5, 0.6) is 0 Å². The Balaban J connectivity index is 2.64. The highest BCUT2D eigenvalue weighted by molar-refractivity contribution is 14.1. The van der Waals surface area contributed by atoms with Crippen molar-refractivity contribution in [1.82, 2.24) is 5.16 Å². The summed E-state index contributed by atoms with van der Waals surface area (Å²) in [5, 5.41) is 14.4. The van der Waals surface area contributed by atoms with Gasteiger partial charge < -0.3 is 10.3 Å². The van der Waals surface area contributed by atoms with Crippen LogP contribution in [-0.4, -0.2) is 10.1 Å². The van der Waals surface area contributed by atoms with Gasteiger partial charge in [-0.05, 0) is 28.7 Å². The third-order valence-electron chi connectivity index (χ3n) is 2.00. The second kappa shape index (κ2) is 4.08. The highest BCUT2D eigenvalue weighted by Gasteiger charge is 2.21. The van der Waals surface area contributed by atoms with Crippen LogP contribution in [0.4, 0.5) is 11.5 Å². The second-order valence-corrected chi connectivity index (χ2v) is 4.06. The number of nitrogen functional groups attached to an aromatic ring is 1. The van der Waals surface area contributed by atoms with E-state index in [1.807, 2.05) is 22.6 Å². The number of halogens is 1. The van der Waals surface area contributed by atoms with Crippen molar-refractivity contribution in [1.29, 1.82) is 0 Å². The van der Waals surface area contributed by atoms with Crippen LogP contribution in [0.3, 0.4) is 0 Å². The summed E-state index contributed by atoms with van der Waals surface area (Å²) in [5.41, 5.74) is 5.87. The molecule has 16 heavy (non-hydrogen) atoms. The molecular weight excluding hydrogens is 325 g/mol. The lowest BCUT2D eigenvalue weighted by molar-refractivity contribution is -0.384. The minimum Gasteiger partial charge on any atom is -0.380 e. The minimum atomic E-state index is -0.468. The Bertz CT molecular complexity index is 553. The maximum Gasteiger partial charge on any atom is 0.280 e. The van der Waals surface area contributed by atoms with Gasteiger partial charge in [0.15, 0.2) is 11.6 Å². The molecule has 0 aliphatic heterocycles. The fourth-order valence-electron chi connectivity index (χ4n) is 1.28.